The van der Waals surface area contributed by atoms with Gasteiger partial charge in [0.05, 0.1) is 16.7 Å². The topological polar surface area (TPSA) is 47.1 Å². The molecule has 3 saturated heterocycles. The molecule has 0 spiro atoms. The summed E-state index contributed by atoms with van der Waals surface area (Å²) < 4.78 is 81.4. The standard InChI is InChI=1S/C33H34F6N4O2S/c34-32(35,36)25-15-24(16-26(17-25)33(37,38)39)31(45)43-8-6-27(18-28(43)14-22-4-2-1-3-5-22)40-9-11-41(12-10-40)29-19-42(20-29)30(44)23-7-13-46-21-23/h1-5,7,13,15-17,21,27-29H,6,8-12,14,18-20H2. The van der Waals surface area contributed by atoms with Gasteiger partial charge in [-0.2, -0.15) is 37.7 Å². The molecule has 6 rings (SSSR count). The van der Waals surface area contributed by atoms with E-state index in [0.29, 0.717) is 50.5 Å². The molecular weight excluding hydrogens is 630 g/mol. The van der Waals surface area contributed by atoms with Gasteiger partial charge in [-0.05, 0) is 54.5 Å². The van der Waals surface area contributed by atoms with Crippen LogP contribution in [0.5, 0.6) is 0 Å². The number of amides is 2. The van der Waals surface area contributed by atoms with Crippen LogP contribution in [-0.4, -0.2) is 95.4 Å². The van der Waals surface area contributed by atoms with Crippen molar-refractivity contribution in [1.29, 1.82) is 0 Å². The summed E-state index contributed by atoms with van der Waals surface area (Å²) >= 11 is 1.50. The Kier molecular flexibility index (Phi) is 9.19. The molecule has 46 heavy (non-hydrogen) atoms. The van der Waals surface area contributed by atoms with Gasteiger partial charge in [-0.1, -0.05) is 30.3 Å². The molecule has 3 aliphatic heterocycles. The minimum atomic E-state index is -5.04. The number of benzene rings is 2. The largest absolute Gasteiger partial charge is 0.416 e. The lowest BCUT2D eigenvalue weighted by Gasteiger charge is -2.50. The fraction of sp³-hybridized carbons (Fsp3) is 0.455. The predicted molar refractivity (Wildman–Crippen MR) is 162 cm³/mol. The molecule has 0 radical (unpaired) electrons. The molecule has 3 aliphatic rings. The van der Waals surface area contributed by atoms with Crippen molar-refractivity contribution in [3.63, 3.8) is 0 Å². The van der Waals surface area contributed by atoms with E-state index in [0.717, 1.165) is 37.3 Å². The molecule has 2 amide bonds. The summed E-state index contributed by atoms with van der Waals surface area (Å²) in [6.45, 7) is 4.87. The molecule has 6 nitrogen and oxygen atoms in total. The molecule has 3 fully saturated rings. The van der Waals surface area contributed by atoms with Gasteiger partial charge in [0.2, 0.25) is 0 Å². The van der Waals surface area contributed by atoms with Gasteiger partial charge in [-0.3, -0.25) is 19.4 Å². The van der Waals surface area contributed by atoms with Crippen molar-refractivity contribution in [3.8, 4) is 0 Å². The summed E-state index contributed by atoms with van der Waals surface area (Å²) in [6.07, 6.45) is -8.52. The van der Waals surface area contributed by atoms with Crippen LogP contribution in [0, 0.1) is 0 Å². The quantitative estimate of drug-likeness (QED) is 0.297. The summed E-state index contributed by atoms with van der Waals surface area (Å²) in [6, 6.07) is 12.3. The summed E-state index contributed by atoms with van der Waals surface area (Å²) in [7, 11) is 0. The first-order valence-electron chi connectivity index (χ1n) is 15.3. The molecule has 246 valence electrons. The third-order valence-electron chi connectivity index (χ3n) is 9.40. The zero-order valence-corrected chi connectivity index (χ0v) is 25.8. The van der Waals surface area contributed by atoms with Gasteiger partial charge in [0.15, 0.2) is 0 Å². The van der Waals surface area contributed by atoms with Crippen molar-refractivity contribution >= 4 is 23.2 Å². The number of nitrogens with zero attached hydrogens (tertiary/aromatic N) is 4. The minimum Gasteiger partial charge on any atom is -0.335 e. The molecule has 2 atom stereocenters. The third kappa shape index (κ3) is 7.11. The average molecular weight is 665 g/mol. The summed E-state index contributed by atoms with van der Waals surface area (Å²) in [4.78, 5) is 34.4. The second-order valence-electron chi connectivity index (χ2n) is 12.3. The molecule has 2 aromatic carbocycles. The Morgan fingerprint density at radius 2 is 1.35 bits per heavy atom. The lowest BCUT2D eigenvalue weighted by molar-refractivity contribution is -0.143. The van der Waals surface area contributed by atoms with Crippen molar-refractivity contribution in [1.82, 2.24) is 19.6 Å². The highest BCUT2D eigenvalue weighted by Crippen LogP contribution is 2.37. The SMILES string of the molecule is O=C(c1ccsc1)N1CC(N2CCN(C3CCN(C(=O)c4cc(C(F)(F)F)cc(C(F)(F)F)c4)C(Cc4ccccc4)C3)CC2)C1. The van der Waals surface area contributed by atoms with Crippen LogP contribution < -0.4 is 0 Å². The number of piperidine rings is 1. The lowest BCUT2D eigenvalue weighted by Crippen LogP contribution is -2.65. The van der Waals surface area contributed by atoms with Gasteiger partial charge >= 0.3 is 12.4 Å². The van der Waals surface area contributed by atoms with Crippen molar-refractivity contribution < 1.29 is 35.9 Å². The van der Waals surface area contributed by atoms with Crippen LogP contribution in [0.4, 0.5) is 26.3 Å². The highest BCUT2D eigenvalue weighted by Gasteiger charge is 2.41. The van der Waals surface area contributed by atoms with Crippen molar-refractivity contribution in [3.05, 3.63) is 93.2 Å². The Hall–Kier alpha value is -3.42. The van der Waals surface area contributed by atoms with Crippen LogP contribution in [0.3, 0.4) is 0 Å². The average Bonchev–Trinajstić information content (AvgIpc) is 3.55. The molecule has 0 aliphatic carbocycles. The Morgan fingerprint density at radius 1 is 0.739 bits per heavy atom. The lowest BCUT2D eigenvalue weighted by atomic mass is 9.90. The Labute approximate surface area is 267 Å². The number of halogens is 6. The number of alkyl halides is 6. The molecule has 1 aromatic heterocycles. The van der Waals surface area contributed by atoms with E-state index in [-0.39, 0.29) is 24.6 Å². The van der Waals surface area contributed by atoms with E-state index in [2.05, 4.69) is 9.80 Å². The van der Waals surface area contributed by atoms with Gasteiger partial charge in [0.1, 0.15) is 0 Å². The minimum absolute atomic E-state index is 0.0484. The first-order valence-corrected chi connectivity index (χ1v) is 16.2. The van der Waals surface area contributed by atoms with Gasteiger partial charge in [-0.15, -0.1) is 0 Å². The van der Waals surface area contributed by atoms with Crippen LogP contribution in [0.1, 0.15) is 50.2 Å². The van der Waals surface area contributed by atoms with Gasteiger partial charge in [-0.25, -0.2) is 0 Å². The number of likely N-dealkylation sites (tertiary alicyclic amines) is 2. The van der Waals surface area contributed by atoms with E-state index in [1.165, 1.54) is 16.2 Å². The molecule has 3 aromatic rings. The number of thiophene rings is 1. The van der Waals surface area contributed by atoms with Gasteiger partial charge in [0.25, 0.3) is 11.8 Å². The summed E-state index contributed by atoms with van der Waals surface area (Å²) in [5.74, 6) is -0.769. The number of hydrogen-bond donors (Lipinski definition) is 0. The normalized spacial score (nSPS) is 22.1. The van der Waals surface area contributed by atoms with Crippen molar-refractivity contribution in [2.75, 3.05) is 45.8 Å². The van der Waals surface area contributed by atoms with Gasteiger partial charge < -0.3 is 9.80 Å². The predicted octanol–water partition coefficient (Wildman–Crippen LogP) is 6.14. The zero-order valence-electron chi connectivity index (χ0n) is 24.9. The molecular formula is C33H34F6N4O2S. The van der Waals surface area contributed by atoms with Crippen LogP contribution >= 0.6 is 11.3 Å². The Balaban J connectivity index is 1.13. The summed E-state index contributed by atoms with van der Waals surface area (Å²) in [5.41, 5.74) is -1.95. The molecule has 0 saturated carbocycles. The van der Waals surface area contributed by atoms with E-state index in [9.17, 15) is 35.9 Å². The molecule has 0 N–H and O–H groups in total. The number of carbonyl (C=O) groups excluding carboxylic acids is 2. The fourth-order valence-corrected chi connectivity index (χ4v) is 7.47. The Bertz CT molecular complexity index is 1480. The molecule has 2 unspecified atom stereocenters. The summed E-state index contributed by atoms with van der Waals surface area (Å²) in [5, 5.41) is 3.75. The highest BCUT2D eigenvalue weighted by molar-refractivity contribution is 7.08. The van der Waals surface area contributed by atoms with Crippen LogP contribution in [0.15, 0.2) is 65.4 Å². The smallest absolute Gasteiger partial charge is 0.335 e. The Morgan fingerprint density at radius 3 is 1.91 bits per heavy atom. The van der Waals surface area contributed by atoms with E-state index in [1.54, 1.807) is 0 Å². The van der Waals surface area contributed by atoms with Crippen LogP contribution in [-0.2, 0) is 18.8 Å². The van der Waals surface area contributed by atoms with E-state index < -0.39 is 41.0 Å². The first-order chi connectivity index (χ1) is 21.9. The maximum Gasteiger partial charge on any atom is 0.416 e. The van der Waals surface area contributed by atoms with E-state index in [4.69, 9.17) is 0 Å². The van der Waals surface area contributed by atoms with Crippen LogP contribution in [0.2, 0.25) is 0 Å². The van der Waals surface area contributed by atoms with Crippen molar-refractivity contribution in [2.24, 2.45) is 0 Å². The monoisotopic (exact) mass is 664 g/mol. The number of piperazine rings is 1. The first kappa shape index (κ1) is 32.5. The highest BCUT2D eigenvalue weighted by atomic mass is 32.1. The number of carbonyl (C=O) groups is 2. The number of rotatable bonds is 6. The molecule has 13 heteroatoms. The zero-order chi connectivity index (χ0) is 32.6. The van der Waals surface area contributed by atoms with Crippen LogP contribution in [0.25, 0.3) is 0 Å². The number of hydrogen-bond acceptors (Lipinski definition) is 5. The van der Waals surface area contributed by atoms with Crippen molar-refractivity contribution in [2.45, 2.75) is 49.7 Å². The van der Waals surface area contributed by atoms with Gasteiger partial charge in [0, 0.05) is 74.9 Å². The fourth-order valence-electron chi connectivity index (χ4n) is 6.84. The second-order valence-corrected chi connectivity index (χ2v) is 13.0. The van der Waals surface area contributed by atoms with E-state index >= 15 is 0 Å². The maximum atomic E-state index is 13.7. The maximum absolute atomic E-state index is 13.7. The molecule has 4 heterocycles. The third-order valence-corrected chi connectivity index (χ3v) is 10.1. The second kappa shape index (κ2) is 13.0. The van der Waals surface area contributed by atoms with E-state index in [1.807, 2.05) is 52.1 Å². The molecule has 0 bridgehead atoms.